The minimum absolute atomic E-state index is 0.146. The Balaban J connectivity index is 1.98. The van der Waals surface area contributed by atoms with Gasteiger partial charge in [-0.3, -0.25) is 9.59 Å². The monoisotopic (exact) mass is 258 g/mol. The molecule has 3 heterocycles. The van der Waals surface area contributed by atoms with Crippen LogP contribution in [0.1, 0.15) is 19.0 Å². The smallest absolute Gasteiger partial charge is 0.320 e. The summed E-state index contributed by atoms with van der Waals surface area (Å²) in [5, 5.41) is 0. The van der Waals surface area contributed by atoms with Crippen molar-refractivity contribution in [2.75, 3.05) is 6.61 Å². The number of hydrogen-bond acceptors (Lipinski definition) is 4. The van der Waals surface area contributed by atoms with E-state index in [1.54, 1.807) is 0 Å². The summed E-state index contributed by atoms with van der Waals surface area (Å²) in [6, 6.07) is 5.69. The SMILES string of the molecule is CC(=O)C1(Cc2cn3ccccc3n2)CCOC1=O. The molecule has 0 aliphatic carbocycles. The second-order valence-corrected chi connectivity index (χ2v) is 4.90. The third kappa shape index (κ3) is 1.82. The van der Waals surface area contributed by atoms with Crippen LogP contribution in [0.4, 0.5) is 0 Å². The zero-order chi connectivity index (χ0) is 13.5. The van der Waals surface area contributed by atoms with Gasteiger partial charge in [-0.05, 0) is 19.1 Å². The molecule has 0 radical (unpaired) electrons. The molecule has 1 fully saturated rings. The normalized spacial score (nSPS) is 22.7. The summed E-state index contributed by atoms with van der Waals surface area (Å²) >= 11 is 0. The number of cyclic esters (lactones) is 1. The Morgan fingerprint density at radius 3 is 3.00 bits per heavy atom. The average molecular weight is 258 g/mol. The number of pyridine rings is 1. The molecule has 2 aromatic rings. The fourth-order valence-corrected chi connectivity index (χ4v) is 2.54. The van der Waals surface area contributed by atoms with Crippen LogP contribution in [0.25, 0.3) is 5.65 Å². The van der Waals surface area contributed by atoms with Gasteiger partial charge in [0, 0.05) is 25.2 Å². The molecule has 1 atom stereocenters. The van der Waals surface area contributed by atoms with Crippen LogP contribution in [-0.4, -0.2) is 27.7 Å². The Morgan fingerprint density at radius 2 is 2.37 bits per heavy atom. The molecule has 1 aliphatic rings. The first-order valence-electron chi connectivity index (χ1n) is 6.23. The molecule has 19 heavy (non-hydrogen) atoms. The molecule has 1 aliphatic heterocycles. The zero-order valence-electron chi connectivity index (χ0n) is 10.6. The first-order chi connectivity index (χ1) is 9.12. The lowest BCUT2D eigenvalue weighted by molar-refractivity contribution is -0.150. The minimum Gasteiger partial charge on any atom is -0.465 e. The highest BCUT2D eigenvalue weighted by atomic mass is 16.5. The minimum atomic E-state index is -1.04. The summed E-state index contributed by atoms with van der Waals surface area (Å²) < 4.78 is 6.86. The molecule has 0 saturated carbocycles. The van der Waals surface area contributed by atoms with E-state index < -0.39 is 11.4 Å². The molecule has 0 N–H and O–H groups in total. The van der Waals surface area contributed by atoms with Gasteiger partial charge in [-0.2, -0.15) is 0 Å². The van der Waals surface area contributed by atoms with Gasteiger partial charge in [0.15, 0.2) is 0 Å². The lowest BCUT2D eigenvalue weighted by atomic mass is 9.78. The number of Topliss-reactive ketones (excluding diaryl/α,β-unsaturated/α-hetero) is 1. The van der Waals surface area contributed by atoms with Crippen LogP contribution >= 0.6 is 0 Å². The number of fused-ring (bicyclic) bond motifs is 1. The first-order valence-corrected chi connectivity index (χ1v) is 6.23. The van der Waals surface area contributed by atoms with Crippen molar-refractivity contribution in [3.05, 3.63) is 36.3 Å². The fraction of sp³-hybridized carbons (Fsp3) is 0.357. The van der Waals surface area contributed by atoms with Gasteiger partial charge in [0.25, 0.3) is 0 Å². The fourth-order valence-electron chi connectivity index (χ4n) is 2.54. The molecule has 5 nitrogen and oxygen atoms in total. The summed E-state index contributed by atoms with van der Waals surface area (Å²) in [4.78, 5) is 28.2. The van der Waals surface area contributed by atoms with Crippen molar-refractivity contribution >= 4 is 17.4 Å². The Labute approximate surface area is 110 Å². The van der Waals surface area contributed by atoms with Crippen LogP contribution in [0.15, 0.2) is 30.6 Å². The topological polar surface area (TPSA) is 60.7 Å². The molecule has 0 amide bonds. The maximum atomic E-state index is 11.9. The number of esters is 1. The molecule has 2 aromatic heterocycles. The Hall–Kier alpha value is -2.17. The molecule has 5 heteroatoms. The maximum Gasteiger partial charge on any atom is 0.320 e. The van der Waals surface area contributed by atoms with Gasteiger partial charge in [0.05, 0.1) is 12.3 Å². The van der Waals surface area contributed by atoms with E-state index in [2.05, 4.69) is 4.98 Å². The van der Waals surface area contributed by atoms with Gasteiger partial charge in [-0.15, -0.1) is 0 Å². The number of aromatic nitrogens is 2. The number of ether oxygens (including phenoxy) is 1. The van der Waals surface area contributed by atoms with Gasteiger partial charge in [-0.1, -0.05) is 6.07 Å². The molecule has 0 bridgehead atoms. The number of ketones is 1. The highest BCUT2D eigenvalue weighted by Crippen LogP contribution is 2.34. The highest BCUT2D eigenvalue weighted by molar-refractivity contribution is 6.03. The Morgan fingerprint density at radius 1 is 1.53 bits per heavy atom. The van der Waals surface area contributed by atoms with E-state index in [-0.39, 0.29) is 5.78 Å². The van der Waals surface area contributed by atoms with E-state index >= 15 is 0 Å². The molecule has 1 saturated heterocycles. The van der Waals surface area contributed by atoms with E-state index in [9.17, 15) is 9.59 Å². The van der Waals surface area contributed by atoms with Gasteiger partial charge in [-0.25, -0.2) is 4.98 Å². The molecule has 3 rings (SSSR count). The van der Waals surface area contributed by atoms with E-state index in [1.165, 1.54) is 6.92 Å². The predicted molar refractivity (Wildman–Crippen MR) is 67.6 cm³/mol. The molecule has 0 spiro atoms. The number of rotatable bonds is 3. The Bertz CT molecular complexity index is 629. The summed E-state index contributed by atoms with van der Waals surface area (Å²) in [5.74, 6) is -0.566. The van der Waals surface area contributed by atoms with Crippen LogP contribution in [0.5, 0.6) is 0 Å². The van der Waals surface area contributed by atoms with Gasteiger partial charge >= 0.3 is 5.97 Å². The van der Waals surface area contributed by atoms with Crippen LogP contribution in [0, 0.1) is 5.41 Å². The number of carbonyl (C=O) groups is 2. The van der Waals surface area contributed by atoms with Crippen molar-refractivity contribution in [1.82, 2.24) is 9.38 Å². The van der Waals surface area contributed by atoms with Crippen molar-refractivity contribution < 1.29 is 14.3 Å². The number of carbonyl (C=O) groups excluding carboxylic acids is 2. The second kappa shape index (κ2) is 4.19. The number of hydrogen-bond donors (Lipinski definition) is 0. The van der Waals surface area contributed by atoms with E-state index in [0.29, 0.717) is 19.4 Å². The molecule has 0 aromatic carbocycles. The lowest BCUT2D eigenvalue weighted by Gasteiger charge is -2.19. The highest BCUT2D eigenvalue weighted by Gasteiger charge is 2.49. The maximum absolute atomic E-state index is 11.9. The number of nitrogens with zero attached hydrogens (tertiary/aromatic N) is 2. The van der Waals surface area contributed by atoms with E-state index in [1.807, 2.05) is 35.0 Å². The molecule has 98 valence electrons. The first kappa shape index (κ1) is 11.9. The van der Waals surface area contributed by atoms with Crippen LogP contribution in [-0.2, 0) is 20.7 Å². The van der Waals surface area contributed by atoms with Gasteiger partial charge in [0.2, 0.25) is 0 Å². The lowest BCUT2D eigenvalue weighted by Crippen LogP contribution is -2.36. The van der Waals surface area contributed by atoms with Crippen molar-refractivity contribution in [2.24, 2.45) is 5.41 Å². The summed E-state index contributed by atoms with van der Waals surface area (Å²) in [5.41, 5.74) is 0.501. The third-order valence-corrected chi connectivity index (χ3v) is 3.72. The van der Waals surface area contributed by atoms with Crippen molar-refractivity contribution in [1.29, 1.82) is 0 Å². The summed E-state index contributed by atoms with van der Waals surface area (Å²) in [6.07, 6.45) is 4.49. The Kier molecular flexibility index (Phi) is 2.62. The summed E-state index contributed by atoms with van der Waals surface area (Å²) in [6.45, 7) is 1.76. The molecule has 1 unspecified atom stereocenters. The summed E-state index contributed by atoms with van der Waals surface area (Å²) in [7, 11) is 0. The van der Waals surface area contributed by atoms with Gasteiger partial charge in [0.1, 0.15) is 16.8 Å². The quantitative estimate of drug-likeness (QED) is 0.616. The third-order valence-electron chi connectivity index (χ3n) is 3.72. The molecular weight excluding hydrogens is 244 g/mol. The number of imidazole rings is 1. The zero-order valence-corrected chi connectivity index (χ0v) is 10.6. The van der Waals surface area contributed by atoms with Crippen molar-refractivity contribution in [3.8, 4) is 0 Å². The van der Waals surface area contributed by atoms with Crippen LogP contribution < -0.4 is 0 Å². The van der Waals surface area contributed by atoms with Crippen molar-refractivity contribution in [3.63, 3.8) is 0 Å². The van der Waals surface area contributed by atoms with Crippen LogP contribution in [0.2, 0.25) is 0 Å². The largest absolute Gasteiger partial charge is 0.465 e. The average Bonchev–Trinajstić information content (AvgIpc) is 2.94. The van der Waals surface area contributed by atoms with Gasteiger partial charge < -0.3 is 9.14 Å². The van der Waals surface area contributed by atoms with E-state index in [4.69, 9.17) is 4.74 Å². The predicted octanol–water partition coefficient (Wildman–Crippen LogP) is 1.40. The molecular formula is C14H14N2O3. The second-order valence-electron chi connectivity index (χ2n) is 4.90. The van der Waals surface area contributed by atoms with E-state index in [0.717, 1.165) is 11.3 Å². The van der Waals surface area contributed by atoms with Crippen molar-refractivity contribution in [2.45, 2.75) is 19.8 Å². The standard InChI is InChI=1S/C14H14N2O3/c1-10(17)14(5-7-19-13(14)18)8-11-9-16-6-3-2-4-12(16)15-11/h2-4,6,9H,5,7-8H2,1H3. The van der Waals surface area contributed by atoms with Crippen LogP contribution in [0.3, 0.4) is 0 Å².